The molecule has 2 atom stereocenters. The Morgan fingerprint density at radius 2 is 1.20 bits per heavy atom. The van der Waals surface area contributed by atoms with E-state index in [9.17, 15) is 4.79 Å². The van der Waals surface area contributed by atoms with Gasteiger partial charge in [0.15, 0.2) is 0 Å². The molecule has 20 heavy (non-hydrogen) atoms. The van der Waals surface area contributed by atoms with Crippen LogP contribution in [0.1, 0.15) is 50.5 Å². The molecule has 0 bridgehead atoms. The van der Waals surface area contributed by atoms with Gasteiger partial charge in [-0.3, -0.25) is 4.79 Å². The maximum absolute atomic E-state index is 10.2. The van der Waals surface area contributed by atoms with Crippen LogP contribution in [0.25, 0.3) is 0 Å². The van der Waals surface area contributed by atoms with Crippen molar-refractivity contribution in [3.63, 3.8) is 0 Å². The van der Waals surface area contributed by atoms with Gasteiger partial charge in [-0.2, -0.15) is 0 Å². The second-order valence-corrected chi connectivity index (χ2v) is 3.35. The minimum atomic E-state index is -0.265. The Hall–Kier alpha value is -0.650. The Labute approximate surface area is 127 Å². The Morgan fingerprint density at radius 1 is 0.850 bits per heavy atom. The van der Waals surface area contributed by atoms with E-state index in [-0.39, 0.29) is 47.9 Å². The number of hydrogen-bond acceptors (Lipinski definition) is 5. The lowest BCUT2D eigenvalue weighted by atomic mass is 10.4. The van der Waals surface area contributed by atoms with Crippen LogP contribution in [0.5, 0.6) is 0 Å². The summed E-state index contributed by atoms with van der Waals surface area (Å²) in [6, 6.07) is 0. The van der Waals surface area contributed by atoms with E-state index in [4.69, 9.17) is 14.2 Å². The van der Waals surface area contributed by atoms with Gasteiger partial charge >= 0.3 is 5.97 Å². The van der Waals surface area contributed by atoms with Gasteiger partial charge in [-0.25, -0.2) is 0 Å². The summed E-state index contributed by atoms with van der Waals surface area (Å²) in [6.45, 7) is 6.19. The maximum Gasteiger partial charge on any atom is 0.302 e. The van der Waals surface area contributed by atoms with Gasteiger partial charge in [-0.15, -0.1) is 0 Å². The van der Waals surface area contributed by atoms with E-state index in [0.717, 1.165) is 0 Å². The predicted octanol–water partition coefficient (Wildman–Crippen LogP) is 3.80. The van der Waals surface area contributed by atoms with Crippen molar-refractivity contribution < 1.29 is 23.7 Å². The molecule has 130 valence electrons. The third-order valence-corrected chi connectivity index (χ3v) is 1.73. The van der Waals surface area contributed by atoms with Gasteiger partial charge in [0.05, 0.1) is 18.8 Å². The molecule has 2 unspecified atom stereocenters. The van der Waals surface area contributed by atoms with E-state index < -0.39 is 0 Å². The number of methoxy groups -OCH3 is 3. The zero-order valence-electron chi connectivity index (χ0n) is 11.1. The molecular weight excluding hydrogens is 260 g/mol. The van der Waals surface area contributed by atoms with Gasteiger partial charge in [0, 0.05) is 28.3 Å². The minimum Gasteiger partial charge on any atom is -0.463 e. The highest BCUT2D eigenvalue weighted by Gasteiger charge is 1.99. The van der Waals surface area contributed by atoms with E-state index >= 15 is 0 Å². The number of carbonyl (C=O) groups is 1. The van der Waals surface area contributed by atoms with Gasteiger partial charge in [-0.1, -0.05) is 29.7 Å². The van der Waals surface area contributed by atoms with E-state index in [1.807, 2.05) is 13.8 Å². The lowest BCUT2D eigenvalue weighted by Crippen LogP contribution is -2.15. The Bertz CT molecular complexity index is 162. The molecule has 0 spiro atoms. The maximum atomic E-state index is 10.2. The molecule has 0 fully saturated rings. The van der Waals surface area contributed by atoms with E-state index in [1.54, 1.807) is 21.3 Å². The van der Waals surface area contributed by atoms with Gasteiger partial charge in [0.2, 0.25) is 0 Å². The summed E-state index contributed by atoms with van der Waals surface area (Å²) in [5.74, 6) is -0.265. The highest BCUT2D eigenvalue weighted by Crippen LogP contribution is 1.88. The van der Waals surface area contributed by atoms with Crippen LogP contribution in [-0.2, 0) is 23.7 Å². The smallest absolute Gasteiger partial charge is 0.302 e. The van der Waals surface area contributed by atoms with Crippen molar-refractivity contribution in [2.24, 2.45) is 0 Å². The standard InChI is InChI=1S/C6H12O3.C5H12O2.4CH4/c1-5(8-3)4-9-6(2)7;1-5(7-3)4-6-2;;;;/h5H,4H2,1-3H3;5H,4H2,1-3H3;4*1H4. The summed E-state index contributed by atoms with van der Waals surface area (Å²) in [5.41, 5.74) is 0. The molecule has 0 aromatic heterocycles. The zero-order valence-corrected chi connectivity index (χ0v) is 11.1. The van der Waals surface area contributed by atoms with Crippen LogP contribution in [0.15, 0.2) is 0 Å². The zero-order chi connectivity index (χ0) is 13.0. The van der Waals surface area contributed by atoms with Crippen LogP contribution < -0.4 is 0 Å². The summed E-state index contributed by atoms with van der Waals surface area (Å²) in [4.78, 5) is 10.2. The summed E-state index contributed by atoms with van der Waals surface area (Å²) < 4.78 is 19.1. The van der Waals surface area contributed by atoms with Crippen LogP contribution in [-0.4, -0.2) is 52.7 Å². The van der Waals surface area contributed by atoms with Crippen LogP contribution in [0, 0.1) is 0 Å². The molecule has 0 heterocycles. The second-order valence-electron chi connectivity index (χ2n) is 3.35. The van der Waals surface area contributed by atoms with E-state index in [2.05, 4.69) is 4.74 Å². The summed E-state index contributed by atoms with van der Waals surface area (Å²) in [6.07, 6.45) is 0.221. The number of ether oxygens (including phenoxy) is 4. The first-order chi connectivity index (χ1) is 7.47. The van der Waals surface area contributed by atoms with Crippen LogP contribution in [0.2, 0.25) is 0 Å². The van der Waals surface area contributed by atoms with Crippen LogP contribution in [0.4, 0.5) is 0 Å². The molecule has 0 amide bonds. The number of hydrogen-bond donors (Lipinski definition) is 0. The first kappa shape index (κ1) is 36.6. The van der Waals surface area contributed by atoms with Crippen molar-refractivity contribution in [2.75, 3.05) is 34.5 Å². The monoisotopic (exact) mass is 300 g/mol. The topological polar surface area (TPSA) is 54.0 Å². The Morgan fingerprint density at radius 3 is 1.40 bits per heavy atom. The van der Waals surface area contributed by atoms with Crippen molar-refractivity contribution in [1.29, 1.82) is 0 Å². The van der Waals surface area contributed by atoms with Crippen molar-refractivity contribution in [3.05, 3.63) is 0 Å². The number of rotatable bonds is 6. The van der Waals surface area contributed by atoms with E-state index in [1.165, 1.54) is 6.92 Å². The summed E-state index contributed by atoms with van der Waals surface area (Å²) in [5, 5.41) is 0. The van der Waals surface area contributed by atoms with Crippen LogP contribution in [0.3, 0.4) is 0 Å². The van der Waals surface area contributed by atoms with Gasteiger partial charge in [-0.05, 0) is 13.8 Å². The third kappa shape index (κ3) is 36.0. The third-order valence-electron chi connectivity index (χ3n) is 1.73. The fraction of sp³-hybridized carbons (Fsp3) is 0.933. The molecule has 0 saturated carbocycles. The molecule has 5 nitrogen and oxygen atoms in total. The molecule has 0 aliphatic heterocycles. The normalized spacial score (nSPS) is 10.7. The lowest BCUT2D eigenvalue weighted by molar-refractivity contribution is -0.144. The highest BCUT2D eigenvalue weighted by atomic mass is 16.6. The number of esters is 1. The lowest BCUT2D eigenvalue weighted by Gasteiger charge is -2.07. The Kier molecular flexibility index (Phi) is 49.0. The fourth-order valence-electron chi connectivity index (χ4n) is 0.605. The molecular formula is C15H40O5. The van der Waals surface area contributed by atoms with Gasteiger partial charge < -0.3 is 18.9 Å². The summed E-state index contributed by atoms with van der Waals surface area (Å²) in [7, 11) is 4.91. The highest BCUT2D eigenvalue weighted by molar-refractivity contribution is 5.65. The van der Waals surface area contributed by atoms with Crippen molar-refractivity contribution in [2.45, 2.75) is 62.7 Å². The minimum absolute atomic E-state index is 0. The molecule has 0 radical (unpaired) electrons. The average molecular weight is 300 g/mol. The first-order valence-electron chi connectivity index (χ1n) is 5.15. The molecule has 0 aromatic rings. The largest absolute Gasteiger partial charge is 0.463 e. The molecule has 5 heteroatoms. The molecule has 0 aliphatic carbocycles. The Balaban J connectivity index is -0.0000000416. The van der Waals surface area contributed by atoms with E-state index in [0.29, 0.717) is 13.2 Å². The van der Waals surface area contributed by atoms with Crippen LogP contribution >= 0.6 is 0 Å². The van der Waals surface area contributed by atoms with Crippen molar-refractivity contribution in [1.82, 2.24) is 0 Å². The first-order valence-corrected chi connectivity index (χ1v) is 5.15. The fourth-order valence-corrected chi connectivity index (χ4v) is 0.605. The molecule has 0 rings (SSSR count). The molecule has 0 aromatic carbocycles. The van der Waals surface area contributed by atoms with Crippen molar-refractivity contribution >= 4 is 5.97 Å². The second kappa shape index (κ2) is 26.8. The molecule has 0 saturated heterocycles. The SMILES string of the molecule is C.C.C.C.COC(C)COC(C)=O.COCC(C)OC. The average Bonchev–Trinajstić information content (AvgIpc) is 2.26. The number of carbonyl (C=O) groups excluding carboxylic acids is 1. The summed E-state index contributed by atoms with van der Waals surface area (Å²) >= 11 is 0. The molecule has 0 aliphatic rings. The quantitative estimate of drug-likeness (QED) is 0.698. The van der Waals surface area contributed by atoms with Crippen molar-refractivity contribution in [3.8, 4) is 0 Å². The van der Waals surface area contributed by atoms with Gasteiger partial charge in [0.1, 0.15) is 6.61 Å². The molecule has 0 N–H and O–H groups in total. The van der Waals surface area contributed by atoms with Gasteiger partial charge in [0.25, 0.3) is 0 Å². The predicted molar refractivity (Wildman–Crippen MR) is 88.4 cm³/mol.